The van der Waals surface area contributed by atoms with Crippen LogP contribution < -0.4 is 5.32 Å². The minimum atomic E-state index is -0.122. The van der Waals surface area contributed by atoms with E-state index >= 15 is 0 Å². The summed E-state index contributed by atoms with van der Waals surface area (Å²) in [7, 11) is 1.44. The highest BCUT2D eigenvalue weighted by Crippen LogP contribution is 2.35. The molecule has 1 N–H and O–H groups in total. The van der Waals surface area contributed by atoms with Gasteiger partial charge in [0.1, 0.15) is 0 Å². The van der Waals surface area contributed by atoms with Crippen LogP contribution in [0.3, 0.4) is 0 Å². The molecule has 15 heavy (non-hydrogen) atoms. The third-order valence-electron chi connectivity index (χ3n) is 2.76. The standard InChI is InChI=1S/C10H12BrNO2S/c1-14-10(13)7-3-12-2-6(7)8-4-15-5-9(8)11/h4-7,12H,2-3H2,1H3. The van der Waals surface area contributed by atoms with Crippen LogP contribution in [0.5, 0.6) is 0 Å². The predicted molar refractivity (Wildman–Crippen MR) is 63.1 cm³/mol. The van der Waals surface area contributed by atoms with Crippen molar-refractivity contribution in [2.75, 3.05) is 20.2 Å². The van der Waals surface area contributed by atoms with Crippen molar-refractivity contribution in [3.8, 4) is 0 Å². The van der Waals surface area contributed by atoms with E-state index in [1.54, 1.807) is 11.3 Å². The quantitative estimate of drug-likeness (QED) is 0.847. The molecule has 2 heterocycles. The van der Waals surface area contributed by atoms with Crippen LogP contribution in [0, 0.1) is 5.92 Å². The van der Waals surface area contributed by atoms with E-state index in [9.17, 15) is 4.79 Å². The van der Waals surface area contributed by atoms with Crippen molar-refractivity contribution in [3.63, 3.8) is 0 Å². The van der Waals surface area contributed by atoms with E-state index in [-0.39, 0.29) is 17.8 Å². The molecule has 0 amide bonds. The highest BCUT2D eigenvalue weighted by Gasteiger charge is 2.35. The SMILES string of the molecule is COC(=O)C1CNCC1c1cscc1Br. The molecule has 2 atom stereocenters. The molecule has 2 unspecified atom stereocenters. The molecule has 1 saturated heterocycles. The maximum absolute atomic E-state index is 11.6. The van der Waals surface area contributed by atoms with Gasteiger partial charge in [-0.3, -0.25) is 4.79 Å². The number of halogens is 1. The molecule has 0 saturated carbocycles. The molecule has 5 heteroatoms. The van der Waals surface area contributed by atoms with E-state index in [4.69, 9.17) is 4.74 Å². The normalized spacial score (nSPS) is 25.5. The van der Waals surface area contributed by atoms with Gasteiger partial charge in [0.05, 0.1) is 13.0 Å². The minimum absolute atomic E-state index is 0.0547. The molecule has 0 radical (unpaired) electrons. The van der Waals surface area contributed by atoms with Gasteiger partial charge in [-0.25, -0.2) is 0 Å². The van der Waals surface area contributed by atoms with Crippen molar-refractivity contribution >= 4 is 33.2 Å². The summed E-state index contributed by atoms with van der Waals surface area (Å²) >= 11 is 5.15. The monoisotopic (exact) mass is 289 g/mol. The summed E-state index contributed by atoms with van der Waals surface area (Å²) in [5.74, 6) is 0.0575. The highest BCUT2D eigenvalue weighted by atomic mass is 79.9. The molecule has 0 bridgehead atoms. The second-order valence-corrected chi connectivity index (χ2v) is 5.17. The summed E-state index contributed by atoms with van der Waals surface area (Å²) in [4.78, 5) is 11.6. The first-order valence-corrected chi connectivity index (χ1v) is 6.47. The van der Waals surface area contributed by atoms with E-state index < -0.39 is 0 Å². The van der Waals surface area contributed by atoms with E-state index in [2.05, 4.69) is 26.6 Å². The second-order valence-electron chi connectivity index (χ2n) is 3.57. The summed E-state index contributed by atoms with van der Waals surface area (Å²) in [6.45, 7) is 1.55. The minimum Gasteiger partial charge on any atom is -0.469 e. The van der Waals surface area contributed by atoms with Crippen molar-refractivity contribution in [2.45, 2.75) is 5.92 Å². The molecule has 82 valence electrons. The maximum Gasteiger partial charge on any atom is 0.310 e. The smallest absolute Gasteiger partial charge is 0.310 e. The molecular weight excluding hydrogens is 278 g/mol. The first kappa shape index (κ1) is 11.1. The summed E-state index contributed by atoms with van der Waals surface area (Å²) in [5, 5.41) is 7.37. The number of hydrogen-bond donors (Lipinski definition) is 1. The lowest BCUT2D eigenvalue weighted by atomic mass is 9.91. The molecular formula is C10H12BrNO2S. The predicted octanol–water partition coefficient (Wildman–Crippen LogP) is 1.99. The second kappa shape index (κ2) is 4.63. The van der Waals surface area contributed by atoms with Crippen molar-refractivity contribution in [1.82, 2.24) is 5.32 Å². The van der Waals surface area contributed by atoms with Crippen LogP contribution in [0.1, 0.15) is 11.5 Å². The zero-order chi connectivity index (χ0) is 10.8. The van der Waals surface area contributed by atoms with Gasteiger partial charge in [-0.15, -0.1) is 0 Å². The van der Waals surface area contributed by atoms with Crippen LogP contribution in [-0.2, 0) is 9.53 Å². The average Bonchev–Trinajstić information content (AvgIpc) is 2.84. The lowest BCUT2D eigenvalue weighted by Crippen LogP contribution is -2.22. The Hall–Kier alpha value is -0.390. The van der Waals surface area contributed by atoms with Crippen LogP contribution in [-0.4, -0.2) is 26.2 Å². The third-order valence-corrected chi connectivity index (χ3v) is 4.51. The number of methoxy groups -OCH3 is 1. The average molecular weight is 290 g/mol. The fraction of sp³-hybridized carbons (Fsp3) is 0.500. The molecule has 1 aromatic rings. The molecule has 1 aliphatic heterocycles. The summed E-state index contributed by atoms with van der Waals surface area (Å²) in [6.07, 6.45) is 0. The molecule has 1 fully saturated rings. The number of thiophene rings is 1. The van der Waals surface area contributed by atoms with Gasteiger partial charge in [0.25, 0.3) is 0 Å². The number of ether oxygens (including phenoxy) is 1. The lowest BCUT2D eigenvalue weighted by molar-refractivity contribution is -0.145. The fourth-order valence-corrected chi connectivity index (χ4v) is 3.62. The Kier molecular flexibility index (Phi) is 3.43. The van der Waals surface area contributed by atoms with Crippen LogP contribution in [0.2, 0.25) is 0 Å². The number of hydrogen-bond acceptors (Lipinski definition) is 4. The first-order chi connectivity index (χ1) is 7.24. The Balaban J connectivity index is 2.22. The fourth-order valence-electron chi connectivity index (χ4n) is 1.96. The van der Waals surface area contributed by atoms with Gasteiger partial charge in [-0.05, 0) is 26.9 Å². The Labute approximate surface area is 101 Å². The van der Waals surface area contributed by atoms with Gasteiger partial charge >= 0.3 is 5.97 Å². The van der Waals surface area contributed by atoms with Gasteiger partial charge in [0.2, 0.25) is 0 Å². The summed E-state index contributed by atoms with van der Waals surface area (Å²) in [5.41, 5.74) is 1.21. The van der Waals surface area contributed by atoms with E-state index in [1.165, 1.54) is 12.7 Å². The largest absolute Gasteiger partial charge is 0.469 e. The molecule has 3 nitrogen and oxygen atoms in total. The maximum atomic E-state index is 11.6. The number of carbonyl (C=O) groups excluding carboxylic acids is 1. The van der Waals surface area contributed by atoms with Crippen LogP contribution in [0.4, 0.5) is 0 Å². The van der Waals surface area contributed by atoms with Crippen LogP contribution >= 0.6 is 27.3 Å². The Morgan fingerprint density at radius 2 is 2.40 bits per heavy atom. The van der Waals surface area contributed by atoms with Gasteiger partial charge in [-0.1, -0.05) is 0 Å². The molecule has 0 aliphatic carbocycles. The van der Waals surface area contributed by atoms with Crippen molar-refractivity contribution in [3.05, 3.63) is 20.8 Å². The zero-order valence-electron chi connectivity index (χ0n) is 8.33. The lowest BCUT2D eigenvalue weighted by Gasteiger charge is -2.15. The topological polar surface area (TPSA) is 38.3 Å². The Morgan fingerprint density at radius 1 is 1.60 bits per heavy atom. The number of rotatable bonds is 2. The zero-order valence-corrected chi connectivity index (χ0v) is 10.7. The molecule has 0 spiro atoms. The van der Waals surface area contributed by atoms with Crippen molar-refractivity contribution < 1.29 is 9.53 Å². The summed E-state index contributed by atoms with van der Waals surface area (Å²) < 4.78 is 5.90. The summed E-state index contributed by atoms with van der Waals surface area (Å²) in [6, 6.07) is 0. The van der Waals surface area contributed by atoms with E-state index in [1.807, 2.05) is 5.38 Å². The number of carbonyl (C=O) groups is 1. The van der Waals surface area contributed by atoms with Gasteiger partial charge in [0, 0.05) is 28.9 Å². The van der Waals surface area contributed by atoms with Crippen molar-refractivity contribution in [1.29, 1.82) is 0 Å². The Morgan fingerprint density at radius 3 is 3.00 bits per heavy atom. The van der Waals surface area contributed by atoms with Crippen LogP contribution in [0.25, 0.3) is 0 Å². The molecule has 2 rings (SSSR count). The van der Waals surface area contributed by atoms with Gasteiger partial charge in [0.15, 0.2) is 0 Å². The molecule has 1 aromatic heterocycles. The molecule has 1 aliphatic rings. The van der Waals surface area contributed by atoms with E-state index in [0.29, 0.717) is 6.54 Å². The molecule has 0 aromatic carbocycles. The van der Waals surface area contributed by atoms with E-state index in [0.717, 1.165) is 11.0 Å². The first-order valence-electron chi connectivity index (χ1n) is 4.74. The van der Waals surface area contributed by atoms with Crippen molar-refractivity contribution in [2.24, 2.45) is 5.92 Å². The van der Waals surface area contributed by atoms with Gasteiger partial charge in [-0.2, -0.15) is 11.3 Å². The van der Waals surface area contributed by atoms with Gasteiger partial charge < -0.3 is 10.1 Å². The number of nitrogens with one attached hydrogen (secondary N) is 1. The number of esters is 1. The highest BCUT2D eigenvalue weighted by molar-refractivity contribution is 9.10. The third kappa shape index (κ3) is 2.09. The van der Waals surface area contributed by atoms with Crippen LogP contribution in [0.15, 0.2) is 15.2 Å². The Bertz CT molecular complexity index is 366.